The number of ether oxygens (including phenoxy) is 2. The van der Waals surface area contributed by atoms with Gasteiger partial charge in [-0.15, -0.1) is 0 Å². The van der Waals surface area contributed by atoms with Crippen molar-refractivity contribution >= 4 is 28.8 Å². The molecule has 0 radical (unpaired) electrons. The monoisotopic (exact) mass is 535 g/mol. The van der Waals surface area contributed by atoms with Gasteiger partial charge in [0.25, 0.3) is 0 Å². The van der Waals surface area contributed by atoms with Gasteiger partial charge in [0, 0.05) is 30.2 Å². The van der Waals surface area contributed by atoms with Crippen LogP contribution in [0.1, 0.15) is 80.2 Å². The van der Waals surface area contributed by atoms with E-state index in [2.05, 4.69) is 15.3 Å². The minimum atomic E-state index is -0.678. The molecule has 1 fully saturated rings. The van der Waals surface area contributed by atoms with Crippen molar-refractivity contribution in [1.82, 2.24) is 20.1 Å². The van der Waals surface area contributed by atoms with Gasteiger partial charge in [-0.25, -0.2) is 9.59 Å². The number of piperidine rings is 1. The molecule has 0 spiro atoms. The number of amides is 1. The van der Waals surface area contributed by atoms with Crippen LogP contribution < -0.4 is 10.2 Å². The summed E-state index contributed by atoms with van der Waals surface area (Å²) in [5, 5.41) is 8.24. The second-order valence-corrected chi connectivity index (χ2v) is 12.7. The number of aromatic nitrogens is 3. The molecule has 1 amide bonds. The number of pyridine rings is 1. The van der Waals surface area contributed by atoms with Crippen LogP contribution in [0.4, 0.5) is 15.3 Å². The van der Waals surface area contributed by atoms with Gasteiger partial charge in [-0.2, -0.15) is 9.78 Å². The third kappa shape index (κ3) is 6.69. The third-order valence-corrected chi connectivity index (χ3v) is 6.54. The van der Waals surface area contributed by atoms with Gasteiger partial charge >= 0.3 is 12.2 Å². The Bertz CT molecular complexity index is 1340. The lowest BCUT2D eigenvalue weighted by molar-refractivity contribution is 0.0467. The zero-order valence-corrected chi connectivity index (χ0v) is 24.4. The number of hydrogen-bond donors (Lipinski definition) is 1. The third-order valence-electron chi connectivity index (χ3n) is 6.54. The Morgan fingerprint density at radius 3 is 2.10 bits per heavy atom. The number of alkyl carbamates (subject to hydrolysis) is 1. The molecular formula is C30H41N5O4. The van der Waals surface area contributed by atoms with Crippen LogP contribution in [-0.2, 0) is 15.0 Å². The van der Waals surface area contributed by atoms with Crippen LogP contribution in [0.3, 0.4) is 0 Å². The van der Waals surface area contributed by atoms with Crippen molar-refractivity contribution in [2.45, 2.75) is 91.4 Å². The molecule has 3 aromatic rings. The zero-order chi connectivity index (χ0) is 28.6. The smallest absolute Gasteiger partial charge is 0.435 e. The molecule has 1 N–H and O–H groups in total. The summed E-state index contributed by atoms with van der Waals surface area (Å²) in [7, 11) is 0. The van der Waals surface area contributed by atoms with E-state index >= 15 is 0 Å². The molecule has 0 aliphatic carbocycles. The number of carbonyl (C=O) groups is 2. The molecule has 1 aliphatic rings. The van der Waals surface area contributed by atoms with E-state index in [1.165, 1.54) is 11.1 Å². The molecule has 1 aliphatic heterocycles. The molecule has 0 saturated carbocycles. The van der Waals surface area contributed by atoms with Crippen LogP contribution in [0.5, 0.6) is 0 Å². The Balaban J connectivity index is 1.70. The van der Waals surface area contributed by atoms with Gasteiger partial charge < -0.3 is 19.7 Å². The Labute approximate surface area is 230 Å². The quantitative estimate of drug-likeness (QED) is 0.400. The van der Waals surface area contributed by atoms with Gasteiger partial charge in [0.15, 0.2) is 0 Å². The summed E-state index contributed by atoms with van der Waals surface area (Å²) in [6, 6.07) is 7.86. The highest BCUT2D eigenvalue weighted by molar-refractivity contribution is 6.02. The van der Waals surface area contributed by atoms with Gasteiger partial charge in [-0.05, 0) is 98.4 Å². The maximum atomic E-state index is 12.9. The second-order valence-electron chi connectivity index (χ2n) is 12.7. The minimum Gasteiger partial charge on any atom is -0.444 e. The molecule has 3 heterocycles. The van der Waals surface area contributed by atoms with Crippen molar-refractivity contribution < 1.29 is 19.1 Å². The fourth-order valence-electron chi connectivity index (χ4n) is 4.76. The predicted octanol–water partition coefficient (Wildman–Crippen LogP) is 6.63. The molecular weight excluding hydrogens is 494 g/mol. The van der Waals surface area contributed by atoms with Crippen molar-refractivity contribution in [3.63, 3.8) is 0 Å². The molecule has 0 bridgehead atoms. The summed E-state index contributed by atoms with van der Waals surface area (Å²) in [4.78, 5) is 32.5. The summed E-state index contributed by atoms with van der Waals surface area (Å²) in [5.41, 5.74) is 2.47. The van der Waals surface area contributed by atoms with Gasteiger partial charge in [0.2, 0.25) is 0 Å². The van der Waals surface area contributed by atoms with E-state index in [9.17, 15) is 9.59 Å². The van der Waals surface area contributed by atoms with Gasteiger partial charge in [-0.1, -0.05) is 6.07 Å². The molecule has 9 nitrogen and oxygen atoms in total. The van der Waals surface area contributed by atoms with E-state index in [0.29, 0.717) is 5.52 Å². The van der Waals surface area contributed by atoms with Gasteiger partial charge in [0.05, 0.1) is 28.6 Å². The Kier molecular flexibility index (Phi) is 7.65. The lowest BCUT2D eigenvalue weighted by Crippen LogP contribution is -2.43. The number of anilines is 1. The molecule has 9 heteroatoms. The first-order valence-electron chi connectivity index (χ1n) is 13.6. The standard InChI is InChI=1S/C30H41N5O4/c1-28(2,3)38-26(36)33-30(7,8)20-12-14-23(31-18-20)21-13-15-24-22(25(21)34-16-10-9-11-17-34)19-32-35(24)27(37)39-29(4,5)6/h12-15,18-19H,9-11,16-17H2,1-8H3,(H,33,36). The summed E-state index contributed by atoms with van der Waals surface area (Å²) >= 11 is 0. The highest BCUT2D eigenvalue weighted by atomic mass is 16.6. The summed E-state index contributed by atoms with van der Waals surface area (Å²) in [6.07, 6.45) is 5.97. The first-order chi connectivity index (χ1) is 18.1. The van der Waals surface area contributed by atoms with Gasteiger partial charge in [0.1, 0.15) is 11.2 Å². The first kappa shape index (κ1) is 28.4. The SMILES string of the molecule is CC(C)(C)OC(=O)NC(C)(C)c1ccc(-c2ccc3c(cnn3C(=O)OC(C)(C)C)c2N2CCCCC2)nc1. The molecule has 0 unspecified atom stereocenters. The molecule has 39 heavy (non-hydrogen) atoms. The van der Waals surface area contributed by atoms with Crippen LogP contribution in [0.25, 0.3) is 22.2 Å². The number of carbonyl (C=O) groups excluding carboxylic acids is 2. The van der Waals surface area contributed by atoms with E-state index < -0.39 is 28.9 Å². The molecule has 210 valence electrons. The normalized spacial score (nSPS) is 14.8. The van der Waals surface area contributed by atoms with Crippen molar-refractivity contribution in [3.05, 3.63) is 42.2 Å². The van der Waals surface area contributed by atoms with Crippen molar-refractivity contribution in [2.75, 3.05) is 18.0 Å². The topological polar surface area (TPSA) is 98.6 Å². The Hall–Kier alpha value is -3.62. The minimum absolute atomic E-state index is 0.476. The second kappa shape index (κ2) is 10.5. The summed E-state index contributed by atoms with van der Waals surface area (Å²) in [5.74, 6) is 0. The van der Waals surface area contributed by atoms with Crippen LogP contribution in [0, 0.1) is 0 Å². The predicted molar refractivity (Wildman–Crippen MR) is 153 cm³/mol. The summed E-state index contributed by atoms with van der Waals surface area (Å²) in [6.45, 7) is 16.7. The molecule has 4 rings (SSSR count). The maximum Gasteiger partial charge on any atom is 0.435 e. The number of fused-ring (bicyclic) bond motifs is 1. The Morgan fingerprint density at radius 1 is 0.846 bits per heavy atom. The average Bonchev–Trinajstić information content (AvgIpc) is 3.26. The van der Waals surface area contributed by atoms with E-state index in [-0.39, 0.29) is 0 Å². The van der Waals surface area contributed by atoms with Crippen LogP contribution in [0.15, 0.2) is 36.7 Å². The van der Waals surface area contributed by atoms with Crippen molar-refractivity contribution in [3.8, 4) is 11.3 Å². The van der Waals surface area contributed by atoms with E-state index in [0.717, 1.165) is 53.8 Å². The fourth-order valence-corrected chi connectivity index (χ4v) is 4.76. The number of nitrogens with one attached hydrogen (secondary N) is 1. The highest BCUT2D eigenvalue weighted by Crippen LogP contribution is 2.38. The molecule has 0 atom stereocenters. The van der Waals surface area contributed by atoms with Crippen LogP contribution >= 0.6 is 0 Å². The van der Waals surface area contributed by atoms with Crippen molar-refractivity contribution in [1.29, 1.82) is 0 Å². The highest BCUT2D eigenvalue weighted by Gasteiger charge is 2.28. The zero-order valence-electron chi connectivity index (χ0n) is 24.4. The van der Waals surface area contributed by atoms with Crippen LogP contribution in [-0.4, -0.2) is 51.2 Å². The number of hydrogen-bond acceptors (Lipinski definition) is 7. The number of benzene rings is 1. The van der Waals surface area contributed by atoms with Crippen molar-refractivity contribution in [2.24, 2.45) is 0 Å². The number of rotatable bonds is 4. The number of nitrogens with zero attached hydrogens (tertiary/aromatic N) is 4. The lowest BCUT2D eigenvalue weighted by atomic mass is 9.95. The largest absolute Gasteiger partial charge is 0.444 e. The molecule has 1 saturated heterocycles. The molecule has 1 aromatic carbocycles. The van der Waals surface area contributed by atoms with E-state index in [4.69, 9.17) is 14.5 Å². The maximum absolute atomic E-state index is 12.9. The van der Waals surface area contributed by atoms with E-state index in [1.54, 1.807) is 12.4 Å². The van der Waals surface area contributed by atoms with Crippen LogP contribution in [0.2, 0.25) is 0 Å². The van der Waals surface area contributed by atoms with Gasteiger partial charge in [-0.3, -0.25) is 4.98 Å². The lowest BCUT2D eigenvalue weighted by Gasteiger charge is -2.31. The van der Waals surface area contributed by atoms with E-state index in [1.807, 2.05) is 79.7 Å². The first-order valence-corrected chi connectivity index (χ1v) is 13.6. The fraction of sp³-hybridized carbons (Fsp3) is 0.533. The molecule has 2 aromatic heterocycles. The Morgan fingerprint density at radius 2 is 1.51 bits per heavy atom. The average molecular weight is 536 g/mol. The summed E-state index contributed by atoms with van der Waals surface area (Å²) < 4.78 is 12.4.